The summed E-state index contributed by atoms with van der Waals surface area (Å²) in [5.74, 6) is -0.558. The summed E-state index contributed by atoms with van der Waals surface area (Å²) in [5, 5.41) is 0. The van der Waals surface area contributed by atoms with Crippen LogP contribution in [0.25, 0.3) is 0 Å². The highest BCUT2D eigenvalue weighted by molar-refractivity contribution is 7.85. The van der Waals surface area contributed by atoms with Gasteiger partial charge in [0.2, 0.25) is 0 Å². The van der Waals surface area contributed by atoms with Crippen molar-refractivity contribution in [2.24, 2.45) is 0 Å². The highest BCUT2D eigenvalue weighted by Gasteiger charge is 2.06. The van der Waals surface area contributed by atoms with Crippen molar-refractivity contribution in [2.75, 3.05) is 5.75 Å². The molecule has 0 aliphatic rings. The van der Waals surface area contributed by atoms with Crippen LogP contribution in [0.1, 0.15) is 6.42 Å². The molecule has 0 fully saturated rings. The molecule has 0 bridgehead atoms. The summed E-state index contributed by atoms with van der Waals surface area (Å²) in [7, 11) is -4.00. The number of hydrogen-bond acceptors (Lipinski definition) is 2. The minimum Gasteiger partial charge on any atom is -0.286 e. The summed E-state index contributed by atoms with van der Waals surface area (Å²) in [5.41, 5.74) is 0. The van der Waals surface area contributed by atoms with Gasteiger partial charge >= 0.3 is 0 Å². The van der Waals surface area contributed by atoms with Crippen LogP contribution >= 0.6 is 0 Å². The maximum Gasteiger partial charge on any atom is 0.264 e. The Balaban J connectivity index is 3.53. The molecule has 0 heterocycles. The van der Waals surface area contributed by atoms with Crippen molar-refractivity contribution in [1.29, 1.82) is 0 Å². The van der Waals surface area contributed by atoms with Crippen LogP contribution in [-0.2, 0) is 10.1 Å². The van der Waals surface area contributed by atoms with E-state index in [9.17, 15) is 12.8 Å². The van der Waals surface area contributed by atoms with Crippen LogP contribution in [0, 0.1) is 6.92 Å². The Bertz CT molecular complexity index is 161. The average molecular weight is 155 g/mol. The van der Waals surface area contributed by atoms with E-state index in [0.29, 0.717) is 0 Å². The number of hydrogen-bond donors (Lipinski definition) is 1. The molecule has 0 aliphatic heterocycles. The van der Waals surface area contributed by atoms with Crippen LogP contribution in [0.3, 0.4) is 0 Å². The molecular weight excluding hydrogens is 147 g/mol. The lowest BCUT2D eigenvalue weighted by molar-refractivity contribution is 0.382. The molecule has 1 N–H and O–H groups in total. The third-order valence-corrected chi connectivity index (χ3v) is 1.44. The van der Waals surface area contributed by atoms with Gasteiger partial charge in [0.15, 0.2) is 0 Å². The average Bonchev–Trinajstić information content (AvgIpc) is 1.59. The molecule has 0 saturated heterocycles. The van der Waals surface area contributed by atoms with Crippen LogP contribution in [0.2, 0.25) is 0 Å². The summed E-state index contributed by atoms with van der Waals surface area (Å²) in [4.78, 5) is 0. The summed E-state index contributed by atoms with van der Waals surface area (Å²) in [6.45, 7) is 2.90. The van der Waals surface area contributed by atoms with Gasteiger partial charge in [-0.1, -0.05) is 0 Å². The molecule has 0 saturated carbocycles. The Kier molecular flexibility index (Phi) is 3.07. The third-order valence-electron chi connectivity index (χ3n) is 0.689. The van der Waals surface area contributed by atoms with Gasteiger partial charge in [-0.25, -0.2) is 4.39 Å². The largest absolute Gasteiger partial charge is 0.286 e. The van der Waals surface area contributed by atoms with Gasteiger partial charge in [0.25, 0.3) is 10.1 Å². The minimum atomic E-state index is -4.00. The highest BCUT2D eigenvalue weighted by Crippen LogP contribution is 1.97. The fourth-order valence-electron chi connectivity index (χ4n) is 0.277. The van der Waals surface area contributed by atoms with Crippen molar-refractivity contribution in [2.45, 2.75) is 12.6 Å². The SMILES string of the molecule is [CH2]C(F)CCS(=O)(=O)O. The van der Waals surface area contributed by atoms with Gasteiger partial charge in [-0.2, -0.15) is 8.42 Å². The Morgan fingerprint density at radius 2 is 2.11 bits per heavy atom. The van der Waals surface area contributed by atoms with Crippen molar-refractivity contribution in [3.05, 3.63) is 6.92 Å². The molecule has 0 rings (SSSR count). The molecule has 0 aromatic rings. The fourth-order valence-corrected chi connectivity index (χ4v) is 0.830. The Labute approximate surface area is 53.6 Å². The van der Waals surface area contributed by atoms with E-state index < -0.39 is 22.0 Å². The van der Waals surface area contributed by atoms with Crippen LogP contribution in [0.5, 0.6) is 0 Å². The second-order valence-corrected chi connectivity index (χ2v) is 3.24. The first-order chi connectivity index (χ1) is 3.92. The zero-order valence-corrected chi connectivity index (χ0v) is 5.57. The van der Waals surface area contributed by atoms with Crippen molar-refractivity contribution in [3.63, 3.8) is 0 Å². The van der Waals surface area contributed by atoms with E-state index in [2.05, 4.69) is 6.92 Å². The lowest BCUT2D eigenvalue weighted by Crippen LogP contribution is -2.08. The molecule has 9 heavy (non-hydrogen) atoms. The molecule has 1 atom stereocenters. The maximum atomic E-state index is 11.7. The van der Waals surface area contributed by atoms with Crippen molar-refractivity contribution < 1.29 is 17.4 Å². The van der Waals surface area contributed by atoms with Crippen LogP contribution < -0.4 is 0 Å². The zero-order valence-electron chi connectivity index (χ0n) is 4.75. The number of halogens is 1. The Morgan fingerprint density at radius 1 is 1.67 bits per heavy atom. The van der Waals surface area contributed by atoms with Gasteiger partial charge in [-0.15, -0.1) is 0 Å². The quantitative estimate of drug-likeness (QED) is 0.601. The second kappa shape index (κ2) is 3.12. The Hall–Kier alpha value is -0.160. The van der Waals surface area contributed by atoms with Gasteiger partial charge in [0.05, 0.1) is 5.75 Å². The maximum absolute atomic E-state index is 11.7. The van der Waals surface area contributed by atoms with Gasteiger partial charge in [-0.05, 0) is 13.3 Å². The van der Waals surface area contributed by atoms with E-state index in [1.54, 1.807) is 0 Å². The molecular formula is C4H8FO3S. The molecule has 1 radical (unpaired) electrons. The van der Waals surface area contributed by atoms with Crippen molar-refractivity contribution >= 4 is 10.1 Å². The highest BCUT2D eigenvalue weighted by atomic mass is 32.2. The van der Waals surface area contributed by atoms with E-state index >= 15 is 0 Å². The predicted molar refractivity (Wildman–Crippen MR) is 31.3 cm³/mol. The standard InChI is InChI=1S/C4H8FO3S/c1-4(5)2-3-9(6,7)8/h4H,1-3H2,(H,6,7,8). The smallest absolute Gasteiger partial charge is 0.264 e. The lowest BCUT2D eigenvalue weighted by atomic mass is 10.3. The minimum absolute atomic E-state index is 0.251. The molecule has 3 nitrogen and oxygen atoms in total. The van der Waals surface area contributed by atoms with Gasteiger partial charge < -0.3 is 0 Å². The lowest BCUT2D eigenvalue weighted by Gasteiger charge is -1.96. The number of rotatable bonds is 3. The second-order valence-electron chi connectivity index (χ2n) is 1.67. The molecule has 1 unspecified atom stereocenters. The first kappa shape index (κ1) is 8.84. The van der Waals surface area contributed by atoms with Crippen molar-refractivity contribution in [3.8, 4) is 0 Å². The monoisotopic (exact) mass is 155 g/mol. The van der Waals surface area contributed by atoms with E-state index in [4.69, 9.17) is 4.55 Å². The molecule has 0 amide bonds. The van der Waals surface area contributed by atoms with E-state index in [0.717, 1.165) is 0 Å². The molecule has 5 heteroatoms. The molecule has 0 aromatic carbocycles. The van der Waals surface area contributed by atoms with E-state index in [-0.39, 0.29) is 6.42 Å². The summed E-state index contributed by atoms with van der Waals surface area (Å²) in [6, 6.07) is 0. The number of alkyl halides is 1. The summed E-state index contributed by atoms with van der Waals surface area (Å²) >= 11 is 0. The molecule has 0 spiro atoms. The fraction of sp³-hybridized carbons (Fsp3) is 0.750. The first-order valence-electron chi connectivity index (χ1n) is 2.34. The molecule has 0 aromatic heterocycles. The third kappa shape index (κ3) is 7.84. The van der Waals surface area contributed by atoms with Crippen LogP contribution in [-0.4, -0.2) is 24.9 Å². The van der Waals surface area contributed by atoms with E-state index in [1.807, 2.05) is 0 Å². The van der Waals surface area contributed by atoms with Gasteiger partial charge in [0.1, 0.15) is 6.17 Å². The predicted octanol–water partition coefficient (Wildman–Crippen LogP) is 0.436. The van der Waals surface area contributed by atoms with Gasteiger partial charge in [-0.3, -0.25) is 4.55 Å². The van der Waals surface area contributed by atoms with E-state index in [1.165, 1.54) is 0 Å². The molecule has 0 aliphatic carbocycles. The zero-order chi connectivity index (χ0) is 7.49. The summed E-state index contributed by atoms with van der Waals surface area (Å²) in [6.07, 6.45) is -1.68. The first-order valence-corrected chi connectivity index (χ1v) is 3.95. The topological polar surface area (TPSA) is 54.4 Å². The summed E-state index contributed by atoms with van der Waals surface area (Å²) < 4.78 is 39.6. The van der Waals surface area contributed by atoms with Crippen molar-refractivity contribution in [1.82, 2.24) is 0 Å². The van der Waals surface area contributed by atoms with Crippen LogP contribution in [0.4, 0.5) is 4.39 Å². The Morgan fingerprint density at radius 3 is 2.22 bits per heavy atom. The van der Waals surface area contributed by atoms with Crippen LogP contribution in [0.15, 0.2) is 0 Å². The normalized spacial score (nSPS) is 15.4. The van der Waals surface area contributed by atoms with Gasteiger partial charge in [0, 0.05) is 0 Å². The molecule has 55 valence electrons.